The van der Waals surface area contributed by atoms with Gasteiger partial charge in [-0.05, 0) is 27.2 Å². The highest BCUT2D eigenvalue weighted by Gasteiger charge is 2.20. The summed E-state index contributed by atoms with van der Waals surface area (Å²) in [6.07, 6.45) is 0.940. The molecule has 0 atom stereocenters. The van der Waals surface area contributed by atoms with Gasteiger partial charge in [-0.3, -0.25) is 4.79 Å². The van der Waals surface area contributed by atoms with Crippen LogP contribution in [0.5, 0.6) is 0 Å². The summed E-state index contributed by atoms with van der Waals surface area (Å²) < 4.78 is 0. The van der Waals surface area contributed by atoms with Crippen molar-refractivity contribution in [2.24, 2.45) is 0 Å². The highest BCUT2D eigenvalue weighted by molar-refractivity contribution is 7.18. The molecule has 0 fully saturated rings. The number of hydrogen-bond donors (Lipinski definition) is 2. The number of anilines is 2. The van der Waals surface area contributed by atoms with Gasteiger partial charge in [-0.1, -0.05) is 18.3 Å². The normalized spacial score (nSPS) is 10.7. The first-order valence-electron chi connectivity index (χ1n) is 6.31. The van der Waals surface area contributed by atoms with Gasteiger partial charge < -0.3 is 16.0 Å². The standard InChI is InChI=1S/C12H22N4OS/c1-5-7-16(6-2)11(17)9-10(13)15-12(18-9)14-8(3)4/h8H,5-7,13H2,1-4H3,(H,14,15). The van der Waals surface area contributed by atoms with Crippen LogP contribution in [-0.2, 0) is 0 Å². The lowest BCUT2D eigenvalue weighted by atomic mass is 10.3. The van der Waals surface area contributed by atoms with E-state index in [0.717, 1.165) is 13.0 Å². The third kappa shape index (κ3) is 3.60. The Balaban J connectivity index is 2.88. The van der Waals surface area contributed by atoms with E-state index >= 15 is 0 Å². The highest BCUT2D eigenvalue weighted by atomic mass is 32.1. The van der Waals surface area contributed by atoms with E-state index in [1.54, 1.807) is 4.90 Å². The van der Waals surface area contributed by atoms with Crippen molar-refractivity contribution in [2.45, 2.75) is 40.2 Å². The van der Waals surface area contributed by atoms with Crippen LogP contribution in [0.1, 0.15) is 43.8 Å². The minimum Gasteiger partial charge on any atom is -0.382 e. The summed E-state index contributed by atoms with van der Waals surface area (Å²) in [6, 6.07) is 0.274. The summed E-state index contributed by atoms with van der Waals surface area (Å²) in [6.45, 7) is 9.51. The average molecular weight is 270 g/mol. The molecule has 1 heterocycles. The van der Waals surface area contributed by atoms with E-state index in [1.807, 2.05) is 20.8 Å². The molecule has 1 amide bonds. The fourth-order valence-electron chi connectivity index (χ4n) is 1.61. The number of hydrogen-bond acceptors (Lipinski definition) is 5. The molecular weight excluding hydrogens is 248 g/mol. The van der Waals surface area contributed by atoms with Crippen molar-refractivity contribution >= 4 is 28.2 Å². The van der Waals surface area contributed by atoms with E-state index in [-0.39, 0.29) is 11.9 Å². The minimum atomic E-state index is -0.0221. The molecule has 5 nitrogen and oxygen atoms in total. The number of rotatable bonds is 6. The van der Waals surface area contributed by atoms with Crippen LogP contribution in [0.15, 0.2) is 0 Å². The van der Waals surface area contributed by atoms with E-state index in [0.29, 0.717) is 22.4 Å². The first kappa shape index (κ1) is 14.8. The molecule has 0 saturated heterocycles. The Morgan fingerprint density at radius 1 is 1.50 bits per heavy atom. The van der Waals surface area contributed by atoms with Gasteiger partial charge in [0.1, 0.15) is 10.7 Å². The van der Waals surface area contributed by atoms with Gasteiger partial charge in [-0.2, -0.15) is 0 Å². The van der Waals surface area contributed by atoms with Crippen molar-refractivity contribution in [3.8, 4) is 0 Å². The first-order chi connectivity index (χ1) is 8.49. The van der Waals surface area contributed by atoms with Crippen LogP contribution in [0.4, 0.5) is 10.9 Å². The molecule has 3 N–H and O–H groups in total. The molecule has 18 heavy (non-hydrogen) atoms. The Morgan fingerprint density at radius 2 is 2.17 bits per heavy atom. The quantitative estimate of drug-likeness (QED) is 0.832. The van der Waals surface area contributed by atoms with Gasteiger partial charge in [0, 0.05) is 19.1 Å². The molecular formula is C12H22N4OS. The maximum Gasteiger partial charge on any atom is 0.267 e. The van der Waals surface area contributed by atoms with Crippen LogP contribution in [0, 0.1) is 0 Å². The van der Waals surface area contributed by atoms with E-state index in [4.69, 9.17) is 5.73 Å². The minimum absolute atomic E-state index is 0.0221. The maximum atomic E-state index is 12.3. The van der Waals surface area contributed by atoms with E-state index < -0.39 is 0 Å². The molecule has 0 spiro atoms. The molecule has 0 unspecified atom stereocenters. The van der Waals surface area contributed by atoms with Crippen molar-refractivity contribution in [1.82, 2.24) is 9.88 Å². The van der Waals surface area contributed by atoms with Crippen LogP contribution >= 0.6 is 11.3 Å². The lowest BCUT2D eigenvalue weighted by Gasteiger charge is -2.19. The Bertz CT molecular complexity index is 403. The molecule has 0 saturated carbocycles. The van der Waals surface area contributed by atoms with Gasteiger partial charge in [-0.25, -0.2) is 4.98 Å². The summed E-state index contributed by atoms with van der Waals surface area (Å²) in [4.78, 5) is 18.8. The Morgan fingerprint density at radius 3 is 2.67 bits per heavy atom. The molecule has 6 heteroatoms. The number of thiazole rings is 1. The summed E-state index contributed by atoms with van der Waals surface area (Å²) in [5.41, 5.74) is 5.82. The molecule has 102 valence electrons. The molecule has 1 aromatic heterocycles. The molecule has 0 radical (unpaired) electrons. The number of nitrogens with two attached hydrogens (primary N) is 1. The Labute approximate surface area is 112 Å². The smallest absolute Gasteiger partial charge is 0.267 e. The van der Waals surface area contributed by atoms with Crippen molar-refractivity contribution in [3.63, 3.8) is 0 Å². The lowest BCUT2D eigenvalue weighted by Crippen LogP contribution is -2.31. The second kappa shape index (κ2) is 6.58. The van der Waals surface area contributed by atoms with E-state index in [9.17, 15) is 4.79 Å². The molecule has 0 aliphatic heterocycles. The van der Waals surface area contributed by atoms with Crippen molar-refractivity contribution in [1.29, 1.82) is 0 Å². The largest absolute Gasteiger partial charge is 0.382 e. The summed E-state index contributed by atoms with van der Waals surface area (Å²) in [7, 11) is 0. The zero-order valence-corrected chi connectivity index (χ0v) is 12.3. The number of amides is 1. The van der Waals surface area contributed by atoms with Crippen LogP contribution in [0.3, 0.4) is 0 Å². The number of aromatic nitrogens is 1. The molecule has 1 aromatic rings. The molecule has 1 rings (SSSR count). The average Bonchev–Trinajstić information content (AvgIpc) is 2.65. The van der Waals surface area contributed by atoms with Gasteiger partial charge >= 0.3 is 0 Å². The first-order valence-corrected chi connectivity index (χ1v) is 7.13. The van der Waals surface area contributed by atoms with Crippen molar-refractivity contribution < 1.29 is 4.79 Å². The number of carbonyl (C=O) groups excluding carboxylic acids is 1. The summed E-state index contributed by atoms with van der Waals surface area (Å²) >= 11 is 1.33. The highest BCUT2D eigenvalue weighted by Crippen LogP contribution is 2.26. The number of nitrogens with one attached hydrogen (secondary N) is 1. The fourth-order valence-corrected chi connectivity index (χ4v) is 2.61. The SMILES string of the molecule is CCCN(CC)C(=O)c1sc(NC(C)C)nc1N. The summed E-state index contributed by atoms with van der Waals surface area (Å²) in [5, 5.41) is 3.87. The zero-order chi connectivity index (χ0) is 13.7. The second-order valence-electron chi connectivity index (χ2n) is 4.42. The van der Waals surface area contributed by atoms with E-state index in [1.165, 1.54) is 11.3 Å². The van der Waals surface area contributed by atoms with Crippen LogP contribution in [-0.4, -0.2) is 34.9 Å². The Kier molecular flexibility index (Phi) is 5.40. The van der Waals surface area contributed by atoms with Crippen molar-refractivity contribution in [2.75, 3.05) is 24.1 Å². The predicted octanol–water partition coefficient (Wildman–Crippen LogP) is 2.42. The molecule has 0 aromatic carbocycles. The number of nitrogens with zero attached hydrogens (tertiary/aromatic N) is 2. The third-order valence-corrected chi connectivity index (χ3v) is 3.41. The number of nitrogen functional groups attached to an aromatic ring is 1. The van der Waals surface area contributed by atoms with Crippen LogP contribution in [0.25, 0.3) is 0 Å². The fraction of sp³-hybridized carbons (Fsp3) is 0.667. The maximum absolute atomic E-state index is 12.3. The van der Waals surface area contributed by atoms with Crippen molar-refractivity contribution in [3.05, 3.63) is 4.88 Å². The molecule has 0 aliphatic rings. The Hall–Kier alpha value is -1.30. The molecule has 0 bridgehead atoms. The topological polar surface area (TPSA) is 71.2 Å². The van der Waals surface area contributed by atoms with Gasteiger partial charge in [0.15, 0.2) is 5.13 Å². The van der Waals surface area contributed by atoms with Crippen LogP contribution in [0.2, 0.25) is 0 Å². The van der Waals surface area contributed by atoms with Gasteiger partial charge in [0.25, 0.3) is 5.91 Å². The zero-order valence-electron chi connectivity index (χ0n) is 11.5. The lowest BCUT2D eigenvalue weighted by molar-refractivity contribution is 0.0770. The van der Waals surface area contributed by atoms with Gasteiger partial charge in [0.2, 0.25) is 0 Å². The van der Waals surface area contributed by atoms with Gasteiger partial charge in [0.05, 0.1) is 0 Å². The van der Waals surface area contributed by atoms with Gasteiger partial charge in [-0.15, -0.1) is 0 Å². The summed E-state index contributed by atoms with van der Waals surface area (Å²) in [5.74, 6) is 0.300. The number of carbonyl (C=O) groups is 1. The predicted molar refractivity (Wildman–Crippen MR) is 77.2 cm³/mol. The third-order valence-electron chi connectivity index (χ3n) is 2.42. The molecule has 0 aliphatic carbocycles. The second-order valence-corrected chi connectivity index (χ2v) is 5.42. The van der Waals surface area contributed by atoms with E-state index in [2.05, 4.69) is 17.2 Å². The monoisotopic (exact) mass is 270 g/mol. The van der Waals surface area contributed by atoms with Crippen LogP contribution < -0.4 is 11.1 Å².